The highest BCUT2D eigenvalue weighted by Crippen LogP contribution is 2.54. The molecule has 86 heavy (non-hydrogen) atoms. The van der Waals surface area contributed by atoms with Crippen LogP contribution in [0.5, 0.6) is 0 Å². The SMILES string of the molecule is CCCCCCCc1ccc2c(c1)B1c3cc(CCCCCCC)ccc3N(c3c(-c4ccccc4)cc(C(C)(C)C)cc3-c3ccccc3)c3cc(CCCCCCC)cc(c31)N2c1c(-c2ccccc2)cc(C(C)(C)C)cc1-c1ccccc1. The number of unbranched alkanes of at least 4 members (excludes halogenated alkanes) is 12. The smallest absolute Gasteiger partial charge is 0.252 e. The van der Waals surface area contributed by atoms with Crippen LogP contribution in [0.15, 0.2) is 194 Å². The molecule has 11 rings (SSSR count). The largest absolute Gasteiger partial charge is 0.310 e. The molecule has 0 saturated carbocycles. The van der Waals surface area contributed by atoms with Gasteiger partial charge in [0, 0.05) is 45.0 Å². The Morgan fingerprint density at radius 2 is 0.605 bits per heavy atom. The summed E-state index contributed by atoms with van der Waals surface area (Å²) in [5, 5.41) is 0. The van der Waals surface area contributed by atoms with Crippen LogP contribution in [0.4, 0.5) is 34.1 Å². The zero-order valence-corrected chi connectivity index (χ0v) is 53.7. The van der Waals surface area contributed by atoms with Gasteiger partial charge in [-0.15, -0.1) is 0 Å². The lowest BCUT2D eigenvalue weighted by Gasteiger charge is -2.46. The predicted molar refractivity (Wildman–Crippen MR) is 377 cm³/mol. The lowest BCUT2D eigenvalue weighted by atomic mass is 9.33. The number of hydrogen-bond donors (Lipinski definition) is 0. The second-order valence-corrected chi connectivity index (χ2v) is 27.2. The van der Waals surface area contributed by atoms with Crippen LogP contribution in [0.3, 0.4) is 0 Å². The molecule has 9 aromatic carbocycles. The van der Waals surface area contributed by atoms with Crippen molar-refractivity contribution in [2.24, 2.45) is 0 Å². The molecule has 2 aliphatic heterocycles. The number of hydrogen-bond acceptors (Lipinski definition) is 2. The van der Waals surface area contributed by atoms with E-state index in [-0.39, 0.29) is 17.5 Å². The lowest BCUT2D eigenvalue weighted by Crippen LogP contribution is -2.61. The van der Waals surface area contributed by atoms with Crippen molar-refractivity contribution in [1.29, 1.82) is 0 Å². The van der Waals surface area contributed by atoms with Gasteiger partial charge in [-0.25, -0.2) is 0 Å². The Balaban J connectivity index is 1.29. The Morgan fingerprint density at radius 1 is 0.302 bits per heavy atom. The van der Waals surface area contributed by atoms with Gasteiger partial charge < -0.3 is 9.80 Å². The molecule has 0 saturated heterocycles. The van der Waals surface area contributed by atoms with Gasteiger partial charge in [-0.3, -0.25) is 0 Å². The summed E-state index contributed by atoms with van der Waals surface area (Å²) in [6, 6.07) is 76.2. The first-order valence-electron chi connectivity index (χ1n) is 33.5. The van der Waals surface area contributed by atoms with Gasteiger partial charge in [-0.05, 0) is 164 Å². The van der Waals surface area contributed by atoms with Crippen molar-refractivity contribution in [3.05, 3.63) is 222 Å². The maximum Gasteiger partial charge on any atom is 0.252 e. The van der Waals surface area contributed by atoms with Crippen molar-refractivity contribution in [2.45, 2.75) is 189 Å². The van der Waals surface area contributed by atoms with Crippen molar-refractivity contribution in [1.82, 2.24) is 0 Å². The molecule has 0 N–H and O–H groups in total. The van der Waals surface area contributed by atoms with Crippen molar-refractivity contribution in [3.8, 4) is 44.5 Å². The van der Waals surface area contributed by atoms with Crippen LogP contribution in [-0.2, 0) is 30.1 Å². The Bertz CT molecular complexity index is 3360. The second-order valence-electron chi connectivity index (χ2n) is 27.2. The summed E-state index contributed by atoms with van der Waals surface area (Å²) >= 11 is 0. The van der Waals surface area contributed by atoms with Crippen LogP contribution in [0.1, 0.15) is 186 Å². The number of rotatable bonds is 24. The Morgan fingerprint density at radius 3 is 0.907 bits per heavy atom. The van der Waals surface area contributed by atoms with E-state index in [1.54, 1.807) is 0 Å². The molecule has 0 amide bonds. The van der Waals surface area contributed by atoms with E-state index in [4.69, 9.17) is 0 Å². The third kappa shape index (κ3) is 13.0. The molecule has 0 bridgehead atoms. The van der Waals surface area contributed by atoms with E-state index in [0.717, 1.165) is 25.7 Å². The highest BCUT2D eigenvalue weighted by atomic mass is 15.2. The summed E-state index contributed by atoms with van der Waals surface area (Å²) in [6.45, 7) is 21.2. The fourth-order valence-corrected chi connectivity index (χ4v) is 13.9. The Hall–Kier alpha value is -7.36. The fourth-order valence-electron chi connectivity index (χ4n) is 13.9. The van der Waals surface area contributed by atoms with Crippen molar-refractivity contribution >= 4 is 57.2 Å². The number of aryl methyl sites for hydroxylation is 3. The van der Waals surface area contributed by atoms with Crippen LogP contribution in [0.2, 0.25) is 0 Å². The summed E-state index contributed by atoms with van der Waals surface area (Å²) in [4.78, 5) is 5.57. The molecule has 0 radical (unpaired) electrons. The maximum atomic E-state index is 2.78. The van der Waals surface area contributed by atoms with Gasteiger partial charge >= 0.3 is 0 Å². The molecule has 0 aromatic heterocycles. The van der Waals surface area contributed by atoms with Crippen molar-refractivity contribution < 1.29 is 0 Å². The number of benzene rings is 9. The van der Waals surface area contributed by atoms with Crippen LogP contribution in [-0.4, -0.2) is 6.71 Å². The standard InChI is InChI=1S/C83H95BN2/c1-10-13-16-19-26-37-60-48-50-75-73(52-60)84-74-53-61(38-27-20-17-14-11-2)49-51-76(74)86(81-71(65-44-33-24-34-45-65)58-68(83(7,8)9)59-72(81)66-46-35-25-36-47-66)78-55-62(39-28-21-18-15-12-3)54-77(79(78)84)85(75)80-69(63-40-29-22-30-41-63)56-67(82(4,5)6)57-70(80)64-42-31-23-32-43-64/h22-25,29-36,40-59H,10-21,26-28,37-39H2,1-9H3. The highest BCUT2D eigenvalue weighted by molar-refractivity contribution is 7.00. The molecule has 0 aliphatic carbocycles. The zero-order valence-electron chi connectivity index (χ0n) is 53.7. The normalized spacial score (nSPS) is 12.8. The first-order chi connectivity index (χ1) is 41.9. The van der Waals surface area contributed by atoms with Gasteiger partial charge in [0.1, 0.15) is 0 Å². The topological polar surface area (TPSA) is 6.48 Å². The van der Waals surface area contributed by atoms with E-state index in [0.29, 0.717) is 0 Å². The predicted octanol–water partition coefficient (Wildman–Crippen LogP) is 22.6. The third-order valence-electron chi connectivity index (χ3n) is 18.7. The minimum Gasteiger partial charge on any atom is -0.310 e. The maximum absolute atomic E-state index is 2.78. The molecule has 0 fully saturated rings. The number of anilines is 6. The van der Waals surface area contributed by atoms with Crippen LogP contribution >= 0.6 is 0 Å². The molecule has 0 atom stereocenters. The minimum absolute atomic E-state index is 0.0143. The van der Waals surface area contributed by atoms with Gasteiger partial charge in [0.2, 0.25) is 0 Å². The lowest BCUT2D eigenvalue weighted by molar-refractivity contribution is 0.590. The molecule has 0 unspecified atom stereocenters. The average molecular weight is 1130 g/mol. The fraction of sp³-hybridized carbons (Fsp3) is 0.349. The molecule has 3 heteroatoms. The minimum atomic E-state index is -0.104. The molecule has 9 aromatic rings. The van der Waals surface area contributed by atoms with Gasteiger partial charge in [0.15, 0.2) is 0 Å². The van der Waals surface area contributed by atoms with E-state index < -0.39 is 0 Å². The summed E-state index contributed by atoms with van der Waals surface area (Å²) in [5.41, 5.74) is 28.5. The molecule has 2 aliphatic rings. The summed E-state index contributed by atoms with van der Waals surface area (Å²) in [5.74, 6) is 0. The van der Waals surface area contributed by atoms with E-state index in [9.17, 15) is 0 Å². The quantitative estimate of drug-likeness (QED) is 0.0439. The van der Waals surface area contributed by atoms with Gasteiger partial charge in [-0.2, -0.15) is 0 Å². The molecule has 2 heterocycles. The number of nitrogens with zero attached hydrogens (tertiary/aromatic N) is 2. The monoisotopic (exact) mass is 1130 g/mol. The Labute approximate surface area is 519 Å². The molecule has 2 nitrogen and oxygen atoms in total. The molecular formula is C83H95BN2. The van der Waals surface area contributed by atoms with Crippen LogP contribution in [0.25, 0.3) is 44.5 Å². The van der Waals surface area contributed by atoms with Gasteiger partial charge in [-0.1, -0.05) is 285 Å². The third-order valence-corrected chi connectivity index (χ3v) is 18.7. The average Bonchev–Trinajstić information content (AvgIpc) is 0.716. The number of fused-ring (bicyclic) bond motifs is 4. The first kappa shape index (κ1) is 60.3. The summed E-state index contributed by atoms with van der Waals surface area (Å²) < 4.78 is 0. The van der Waals surface area contributed by atoms with Crippen LogP contribution < -0.4 is 26.2 Å². The zero-order chi connectivity index (χ0) is 59.8. The first-order valence-corrected chi connectivity index (χ1v) is 33.5. The summed E-state index contributed by atoms with van der Waals surface area (Å²) in [7, 11) is 0. The van der Waals surface area contributed by atoms with Gasteiger partial charge in [0.25, 0.3) is 6.71 Å². The molecular weight excluding hydrogens is 1040 g/mol. The van der Waals surface area contributed by atoms with Crippen molar-refractivity contribution in [2.75, 3.05) is 9.80 Å². The molecule has 0 spiro atoms. The van der Waals surface area contributed by atoms with E-state index >= 15 is 0 Å². The van der Waals surface area contributed by atoms with Crippen LogP contribution in [0, 0.1) is 0 Å². The van der Waals surface area contributed by atoms with Crippen molar-refractivity contribution in [3.63, 3.8) is 0 Å². The molecule has 440 valence electrons. The Kier molecular flexibility index (Phi) is 19.0. The van der Waals surface area contributed by atoms with E-state index in [2.05, 4.69) is 266 Å². The summed E-state index contributed by atoms with van der Waals surface area (Å²) in [6.07, 6.45) is 21.9. The van der Waals surface area contributed by atoms with E-state index in [1.807, 2.05) is 0 Å². The highest BCUT2D eigenvalue weighted by Gasteiger charge is 2.46. The van der Waals surface area contributed by atoms with E-state index in [1.165, 1.54) is 213 Å². The second kappa shape index (κ2) is 27.1. The van der Waals surface area contributed by atoms with Gasteiger partial charge in [0.05, 0.1) is 11.4 Å².